The fourth-order valence-electron chi connectivity index (χ4n) is 1.23. The summed E-state index contributed by atoms with van der Waals surface area (Å²) in [5.41, 5.74) is 6.74. The highest BCUT2D eigenvalue weighted by Gasteiger charge is 2.06. The molecule has 0 unspecified atom stereocenters. The van der Waals surface area contributed by atoms with Crippen molar-refractivity contribution in [3.8, 4) is 0 Å². The first-order valence-electron chi connectivity index (χ1n) is 3.63. The molecular formula is C9H8INS. The second-order valence-electron chi connectivity index (χ2n) is 2.70. The van der Waals surface area contributed by atoms with Crippen LogP contribution in [0, 0.1) is 10.5 Å². The van der Waals surface area contributed by atoms with Crippen LogP contribution in [0.2, 0.25) is 0 Å². The van der Waals surface area contributed by atoms with Gasteiger partial charge < -0.3 is 5.73 Å². The topological polar surface area (TPSA) is 26.0 Å². The van der Waals surface area contributed by atoms with Crippen LogP contribution in [0.3, 0.4) is 0 Å². The molecule has 0 aliphatic carbocycles. The van der Waals surface area contributed by atoms with Crippen molar-refractivity contribution in [2.24, 2.45) is 0 Å². The quantitative estimate of drug-likeness (QED) is 0.584. The molecule has 2 rings (SSSR count). The number of aryl methyl sites for hydroxylation is 1. The van der Waals surface area contributed by atoms with Gasteiger partial charge in [-0.1, -0.05) is 12.1 Å². The van der Waals surface area contributed by atoms with Gasteiger partial charge in [-0.3, -0.25) is 0 Å². The van der Waals surface area contributed by atoms with E-state index < -0.39 is 0 Å². The van der Waals surface area contributed by atoms with Crippen LogP contribution in [-0.4, -0.2) is 0 Å². The van der Waals surface area contributed by atoms with Crippen molar-refractivity contribution in [1.82, 2.24) is 0 Å². The molecule has 0 radical (unpaired) electrons. The Bertz CT molecular complexity index is 433. The Morgan fingerprint density at radius 1 is 1.42 bits per heavy atom. The SMILES string of the molecule is Cc1sc2c(N)cccc2c1I. The van der Waals surface area contributed by atoms with Crippen LogP contribution in [0.1, 0.15) is 4.88 Å². The number of thiophene rings is 1. The third kappa shape index (κ3) is 1.11. The summed E-state index contributed by atoms with van der Waals surface area (Å²) in [4.78, 5) is 1.35. The lowest BCUT2D eigenvalue weighted by Gasteiger charge is -1.93. The summed E-state index contributed by atoms with van der Waals surface area (Å²) in [6.07, 6.45) is 0. The van der Waals surface area contributed by atoms with Gasteiger partial charge in [-0.05, 0) is 35.6 Å². The van der Waals surface area contributed by atoms with Crippen LogP contribution < -0.4 is 5.73 Å². The lowest BCUT2D eigenvalue weighted by Crippen LogP contribution is -1.82. The molecule has 0 amide bonds. The second-order valence-corrected chi connectivity index (χ2v) is 5.00. The summed E-state index contributed by atoms with van der Waals surface area (Å²) >= 11 is 4.14. The Labute approximate surface area is 88.7 Å². The first kappa shape index (κ1) is 8.31. The Morgan fingerprint density at radius 3 is 2.83 bits per heavy atom. The molecule has 1 aromatic heterocycles. The fourth-order valence-corrected chi connectivity index (χ4v) is 3.16. The van der Waals surface area contributed by atoms with Gasteiger partial charge in [0.05, 0.1) is 4.70 Å². The van der Waals surface area contributed by atoms with Crippen LogP contribution in [0.5, 0.6) is 0 Å². The molecule has 0 atom stereocenters. The van der Waals surface area contributed by atoms with E-state index in [1.165, 1.54) is 18.5 Å². The number of nitrogens with two attached hydrogens (primary N) is 1. The summed E-state index contributed by atoms with van der Waals surface area (Å²) in [6, 6.07) is 6.08. The largest absolute Gasteiger partial charge is 0.398 e. The van der Waals surface area contributed by atoms with Crippen LogP contribution >= 0.6 is 33.9 Å². The van der Waals surface area contributed by atoms with E-state index in [0.717, 1.165) is 5.69 Å². The molecule has 0 aliphatic heterocycles. The van der Waals surface area contributed by atoms with E-state index in [9.17, 15) is 0 Å². The van der Waals surface area contributed by atoms with Gasteiger partial charge in [0.25, 0.3) is 0 Å². The van der Waals surface area contributed by atoms with Gasteiger partial charge in [0.1, 0.15) is 0 Å². The smallest absolute Gasteiger partial charge is 0.0586 e. The molecule has 0 saturated heterocycles. The van der Waals surface area contributed by atoms with Gasteiger partial charge in [0.15, 0.2) is 0 Å². The lowest BCUT2D eigenvalue weighted by atomic mass is 10.2. The van der Waals surface area contributed by atoms with Gasteiger partial charge in [0, 0.05) is 19.5 Å². The van der Waals surface area contributed by atoms with E-state index in [0.29, 0.717) is 0 Å². The zero-order valence-electron chi connectivity index (χ0n) is 6.60. The molecule has 0 bridgehead atoms. The van der Waals surface area contributed by atoms with Crippen LogP contribution in [0.25, 0.3) is 10.1 Å². The molecule has 1 aromatic carbocycles. The summed E-state index contributed by atoms with van der Waals surface area (Å²) in [5, 5.41) is 1.29. The minimum atomic E-state index is 0.892. The summed E-state index contributed by atoms with van der Waals surface area (Å²) in [7, 11) is 0. The molecular weight excluding hydrogens is 281 g/mol. The third-order valence-corrected chi connectivity index (χ3v) is 4.77. The first-order chi connectivity index (χ1) is 5.70. The molecule has 1 nitrogen and oxygen atoms in total. The molecule has 3 heteroatoms. The zero-order chi connectivity index (χ0) is 8.72. The Balaban J connectivity index is 2.95. The average Bonchev–Trinajstić information content (AvgIpc) is 2.32. The minimum absolute atomic E-state index is 0.892. The highest BCUT2D eigenvalue weighted by atomic mass is 127. The highest BCUT2D eigenvalue weighted by Crippen LogP contribution is 2.34. The minimum Gasteiger partial charge on any atom is -0.398 e. The molecule has 2 aromatic rings. The zero-order valence-corrected chi connectivity index (χ0v) is 9.57. The number of hydrogen-bond donors (Lipinski definition) is 1. The number of nitrogen functional groups attached to an aromatic ring is 1. The Hall–Kier alpha value is -0.290. The van der Waals surface area contributed by atoms with Gasteiger partial charge in [-0.2, -0.15) is 0 Å². The number of anilines is 1. The van der Waals surface area contributed by atoms with Crippen molar-refractivity contribution in [3.63, 3.8) is 0 Å². The summed E-state index contributed by atoms with van der Waals surface area (Å²) in [6.45, 7) is 2.13. The van der Waals surface area contributed by atoms with E-state index in [1.54, 1.807) is 11.3 Å². The molecule has 2 N–H and O–H groups in total. The van der Waals surface area contributed by atoms with E-state index in [2.05, 4.69) is 35.6 Å². The molecule has 0 aliphatic rings. The van der Waals surface area contributed by atoms with Crippen LogP contribution in [-0.2, 0) is 0 Å². The number of rotatable bonds is 0. The molecule has 12 heavy (non-hydrogen) atoms. The predicted octanol–water partition coefficient (Wildman–Crippen LogP) is 3.40. The van der Waals surface area contributed by atoms with E-state index in [1.807, 2.05) is 12.1 Å². The van der Waals surface area contributed by atoms with Crippen LogP contribution in [0.4, 0.5) is 5.69 Å². The number of benzene rings is 1. The molecule has 0 saturated carbocycles. The number of fused-ring (bicyclic) bond motifs is 1. The van der Waals surface area contributed by atoms with Gasteiger partial charge >= 0.3 is 0 Å². The van der Waals surface area contributed by atoms with E-state index in [-0.39, 0.29) is 0 Å². The number of halogens is 1. The average molecular weight is 289 g/mol. The molecule has 0 fully saturated rings. The fraction of sp³-hybridized carbons (Fsp3) is 0.111. The Kier molecular flexibility index (Phi) is 2.00. The normalized spacial score (nSPS) is 10.8. The van der Waals surface area contributed by atoms with Gasteiger partial charge in [-0.15, -0.1) is 11.3 Å². The summed E-state index contributed by atoms with van der Waals surface area (Å²) in [5.74, 6) is 0. The van der Waals surface area contributed by atoms with Crippen molar-refractivity contribution in [2.75, 3.05) is 5.73 Å². The van der Waals surface area contributed by atoms with Gasteiger partial charge in [-0.25, -0.2) is 0 Å². The maximum atomic E-state index is 5.85. The molecule has 62 valence electrons. The first-order valence-corrected chi connectivity index (χ1v) is 5.53. The maximum Gasteiger partial charge on any atom is 0.0586 e. The monoisotopic (exact) mass is 289 g/mol. The molecule has 1 heterocycles. The Morgan fingerprint density at radius 2 is 2.17 bits per heavy atom. The predicted molar refractivity (Wildman–Crippen MR) is 63.7 cm³/mol. The molecule has 0 spiro atoms. The van der Waals surface area contributed by atoms with Gasteiger partial charge in [0.2, 0.25) is 0 Å². The van der Waals surface area contributed by atoms with E-state index >= 15 is 0 Å². The van der Waals surface area contributed by atoms with Crippen molar-refractivity contribution in [3.05, 3.63) is 26.6 Å². The van der Waals surface area contributed by atoms with Crippen molar-refractivity contribution >= 4 is 49.7 Å². The van der Waals surface area contributed by atoms with Crippen LogP contribution in [0.15, 0.2) is 18.2 Å². The standard InChI is InChI=1S/C9H8INS/c1-5-8(10)6-3-2-4-7(11)9(6)12-5/h2-4H,11H2,1H3. The number of hydrogen-bond acceptors (Lipinski definition) is 2. The van der Waals surface area contributed by atoms with Crippen molar-refractivity contribution in [1.29, 1.82) is 0 Å². The maximum absolute atomic E-state index is 5.85. The van der Waals surface area contributed by atoms with E-state index in [4.69, 9.17) is 5.73 Å². The van der Waals surface area contributed by atoms with Crippen molar-refractivity contribution in [2.45, 2.75) is 6.92 Å². The lowest BCUT2D eigenvalue weighted by molar-refractivity contribution is 1.61. The second kappa shape index (κ2) is 2.88. The highest BCUT2D eigenvalue weighted by molar-refractivity contribution is 14.1. The van der Waals surface area contributed by atoms with Crippen molar-refractivity contribution < 1.29 is 0 Å². The third-order valence-electron chi connectivity index (χ3n) is 1.85. The summed E-state index contributed by atoms with van der Waals surface area (Å²) < 4.78 is 2.55.